The fourth-order valence-electron chi connectivity index (χ4n) is 3.99. The minimum atomic E-state index is 0. The number of hydrogen-bond donors (Lipinski definition) is 1. The summed E-state index contributed by atoms with van der Waals surface area (Å²) in [5.74, 6) is 3.07. The van der Waals surface area contributed by atoms with Crippen molar-refractivity contribution in [3.63, 3.8) is 0 Å². The average molecular weight is 534 g/mol. The lowest BCUT2D eigenvalue weighted by Crippen LogP contribution is -2.46. The van der Waals surface area contributed by atoms with E-state index in [1.54, 1.807) is 21.3 Å². The highest BCUT2D eigenvalue weighted by molar-refractivity contribution is 14.0. The minimum Gasteiger partial charge on any atom is -0.496 e. The van der Waals surface area contributed by atoms with E-state index in [2.05, 4.69) is 22.0 Å². The van der Waals surface area contributed by atoms with Crippen molar-refractivity contribution in [2.24, 2.45) is 4.99 Å². The molecule has 2 heterocycles. The molecule has 30 heavy (non-hydrogen) atoms. The first-order valence-electron chi connectivity index (χ1n) is 10.3. The van der Waals surface area contributed by atoms with Crippen molar-refractivity contribution in [1.29, 1.82) is 0 Å². The van der Waals surface area contributed by atoms with Crippen LogP contribution >= 0.6 is 24.0 Å². The Morgan fingerprint density at radius 2 is 1.77 bits per heavy atom. The van der Waals surface area contributed by atoms with Crippen LogP contribution in [0.2, 0.25) is 0 Å². The van der Waals surface area contributed by atoms with Crippen LogP contribution in [0.4, 0.5) is 0 Å². The van der Waals surface area contributed by atoms with E-state index in [-0.39, 0.29) is 24.0 Å². The average Bonchev–Trinajstić information content (AvgIpc) is 3.26. The molecule has 0 bridgehead atoms. The SMILES string of the molecule is CCNC(=NCc1c(OC)cc(OC)cc1OC)N1CCC(N2CCOCC2)C1.I. The van der Waals surface area contributed by atoms with Gasteiger partial charge in [0, 0.05) is 50.9 Å². The lowest BCUT2D eigenvalue weighted by atomic mass is 10.1. The summed E-state index contributed by atoms with van der Waals surface area (Å²) >= 11 is 0. The van der Waals surface area contributed by atoms with Crippen LogP contribution in [0.15, 0.2) is 17.1 Å². The third kappa shape index (κ3) is 6.04. The Balaban J connectivity index is 0.00000320. The second kappa shape index (κ2) is 12.4. The van der Waals surface area contributed by atoms with Crippen LogP contribution in [-0.4, -0.2) is 89.1 Å². The zero-order valence-corrected chi connectivity index (χ0v) is 20.8. The van der Waals surface area contributed by atoms with Gasteiger partial charge in [0.1, 0.15) is 17.2 Å². The lowest BCUT2D eigenvalue weighted by Gasteiger charge is -2.32. The monoisotopic (exact) mass is 534 g/mol. The molecular weight excluding hydrogens is 499 g/mol. The van der Waals surface area contributed by atoms with Crippen molar-refractivity contribution < 1.29 is 18.9 Å². The molecule has 0 aliphatic carbocycles. The second-order valence-electron chi connectivity index (χ2n) is 7.22. The standard InChI is InChI=1S/C21H34N4O4.HI/c1-5-22-21(25-7-6-16(15-25)24-8-10-29-11-9-24)23-14-18-19(27-3)12-17(26-2)13-20(18)28-4;/h12-13,16H,5-11,14-15H2,1-4H3,(H,22,23);1H. The van der Waals surface area contributed by atoms with Gasteiger partial charge in [0.05, 0.1) is 46.7 Å². The second-order valence-corrected chi connectivity index (χ2v) is 7.22. The molecule has 2 aliphatic rings. The molecule has 1 aromatic rings. The number of aliphatic imine (C=N–C) groups is 1. The van der Waals surface area contributed by atoms with Crippen molar-refractivity contribution in [2.75, 3.05) is 67.3 Å². The summed E-state index contributed by atoms with van der Waals surface area (Å²) in [5.41, 5.74) is 0.912. The van der Waals surface area contributed by atoms with E-state index in [4.69, 9.17) is 23.9 Å². The molecule has 2 saturated heterocycles. The molecule has 2 fully saturated rings. The van der Waals surface area contributed by atoms with Gasteiger partial charge in [-0.25, -0.2) is 4.99 Å². The first-order chi connectivity index (χ1) is 14.2. The maximum absolute atomic E-state index is 5.56. The molecule has 1 unspecified atom stereocenters. The lowest BCUT2D eigenvalue weighted by molar-refractivity contribution is 0.0195. The molecule has 0 radical (unpaired) electrons. The quantitative estimate of drug-likeness (QED) is 0.327. The normalized spacial score (nSPS) is 19.9. The third-order valence-electron chi connectivity index (χ3n) is 5.56. The molecule has 9 heteroatoms. The van der Waals surface area contributed by atoms with Gasteiger partial charge in [-0.1, -0.05) is 0 Å². The van der Waals surface area contributed by atoms with E-state index in [1.807, 2.05) is 12.1 Å². The predicted molar refractivity (Wildman–Crippen MR) is 129 cm³/mol. The summed E-state index contributed by atoms with van der Waals surface area (Å²) in [5, 5.41) is 3.44. The van der Waals surface area contributed by atoms with E-state index in [0.29, 0.717) is 29.8 Å². The number of benzene rings is 1. The van der Waals surface area contributed by atoms with E-state index in [0.717, 1.165) is 63.9 Å². The Hall–Kier alpha value is -1.46. The van der Waals surface area contributed by atoms with Gasteiger partial charge in [0.15, 0.2) is 5.96 Å². The van der Waals surface area contributed by atoms with Gasteiger partial charge in [-0.3, -0.25) is 4.90 Å². The van der Waals surface area contributed by atoms with Crippen molar-refractivity contribution in [3.05, 3.63) is 17.7 Å². The summed E-state index contributed by atoms with van der Waals surface area (Å²) in [6.07, 6.45) is 1.15. The Bertz CT molecular complexity index is 673. The maximum Gasteiger partial charge on any atom is 0.194 e. The van der Waals surface area contributed by atoms with Gasteiger partial charge >= 0.3 is 0 Å². The number of nitrogens with zero attached hydrogens (tertiary/aromatic N) is 3. The molecular formula is C21H35IN4O4. The zero-order chi connectivity index (χ0) is 20.6. The zero-order valence-electron chi connectivity index (χ0n) is 18.5. The highest BCUT2D eigenvalue weighted by Crippen LogP contribution is 2.34. The third-order valence-corrected chi connectivity index (χ3v) is 5.56. The van der Waals surface area contributed by atoms with Gasteiger partial charge < -0.3 is 29.2 Å². The molecule has 1 aromatic carbocycles. The summed E-state index contributed by atoms with van der Waals surface area (Å²) in [6.45, 7) is 9.10. The summed E-state index contributed by atoms with van der Waals surface area (Å²) in [7, 11) is 4.94. The predicted octanol–water partition coefficient (Wildman–Crippen LogP) is 2.20. The summed E-state index contributed by atoms with van der Waals surface area (Å²) in [4.78, 5) is 9.80. The number of rotatable bonds is 7. The topological polar surface area (TPSA) is 67.8 Å². The summed E-state index contributed by atoms with van der Waals surface area (Å²) in [6, 6.07) is 4.29. The van der Waals surface area contributed by atoms with Crippen LogP contribution in [-0.2, 0) is 11.3 Å². The van der Waals surface area contributed by atoms with Crippen LogP contribution in [0.3, 0.4) is 0 Å². The number of morpholine rings is 1. The van der Waals surface area contributed by atoms with E-state index < -0.39 is 0 Å². The van der Waals surface area contributed by atoms with Crippen LogP contribution < -0.4 is 19.5 Å². The Morgan fingerprint density at radius 1 is 1.10 bits per heavy atom. The molecule has 3 rings (SSSR count). The molecule has 0 aromatic heterocycles. The molecule has 170 valence electrons. The van der Waals surface area contributed by atoms with Crippen molar-refractivity contribution in [3.8, 4) is 17.2 Å². The molecule has 1 atom stereocenters. The minimum absolute atomic E-state index is 0. The largest absolute Gasteiger partial charge is 0.496 e. The van der Waals surface area contributed by atoms with Crippen molar-refractivity contribution >= 4 is 29.9 Å². The van der Waals surface area contributed by atoms with Gasteiger partial charge in [-0.2, -0.15) is 0 Å². The van der Waals surface area contributed by atoms with Crippen LogP contribution in [0.1, 0.15) is 18.9 Å². The molecule has 1 N–H and O–H groups in total. The fourth-order valence-corrected chi connectivity index (χ4v) is 3.99. The van der Waals surface area contributed by atoms with Gasteiger partial charge in [0.25, 0.3) is 0 Å². The summed E-state index contributed by atoms with van der Waals surface area (Å²) < 4.78 is 22.0. The highest BCUT2D eigenvalue weighted by atomic mass is 127. The molecule has 2 aliphatic heterocycles. The number of ether oxygens (including phenoxy) is 4. The van der Waals surface area contributed by atoms with Crippen LogP contribution in [0, 0.1) is 0 Å². The smallest absolute Gasteiger partial charge is 0.194 e. The number of halogens is 1. The first kappa shape index (κ1) is 24.8. The fraction of sp³-hybridized carbons (Fsp3) is 0.667. The Morgan fingerprint density at radius 3 is 2.33 bits per heavy atom. The van der Waals surface area contributed by atoms with Gasteiger partial charge in [-0.05, 0) is 13.3 Å². The number of nitrogens with one attached hydrogen (secondary N) is 1. The highest BCUT2D eigenvalue weighted by Gasteiger charge is 2.30. The number of guanidine groups is 1. The van der Waals surface area contributed by atoms with Gasteiger partial charge in [0.2, 0.25) is 0 Å². The molecule has 0 saturated carbocycles. The maximum atomic E-state index is 5.56. The molecule has 0 spiro atoms. The first-order valence-corrected chi connectivity index (χ1v) is 10.3. The molecule has 0 amide bonds. The van der Waals surface area contributed by atoms with Crippen LogP contribution in [0.25, 0.3) is 0 Å². The van der Waals surface area contributed by atoms with Crippen LogP contribution in [0.5, 0.6) is 17.2 Å². The van der Waals surface area contributed by atoms with Gasteiger partial charge in [-0.15, -0.1) is 24.0 Å². The number of hydrogen-bond acceptors (Lipinski definition) is 6. The Labute approximate surface area is 196 Å². The van der Waals surface area contributed by atoms with Crippen molar-refractivity contribution in [1.82, 2.24) is 15.1 Å². The van der Waals surface area contributed by atoms with E-state index >= 15 is 0 Å². The van der Waals surface area contributed by atoms with E-state index in [9.17, 15) is 0 Å². The Kier molecular flexibility index (Phi) is 10.3. The molecule has 8 nitrogen and oxygen atoms in total. The van der Waals surface area contributed by atoms with E-state index in [1.165, 1.54) is 0 Å². The number of methoxy groups -OCH3 is 3. The van der Waals surface area contributed by atoms with Crippen molar-refractivity contribution in [2.45, 2.75) is 25.9 Å². The number of likely N-dealkylation sites (tertiary alicyclic amines) is 1.